The van der Waals surface area contributed by atoms with Gasteiger partial charge in [0.25, 0.3) is 0 Å². The molecular formula is C13H23N5O. The third kappa shape index (κ3) is 3.45. The van der Waals surface area contributed by atoms with Crippen molar-refractivity contribution in [1.29, 1.82) is 0 Å². The molecule has 0 spiro atoms. The van der Waals surface area contributed by atoms with Crippen molar-refractivity contribution >= 4 is 11.9 Å². The van der Waals surface area contributed by atoms with Crippen molar-refractivity contribution in [2.45, 2.75) is 45.6 Å². The lowest BCUT2D eigenvalue weighted by Crippen LogP contribution is -2.31. The van der Waals surface area contributed by atoms with Gasteiger partial charge < -0.3 is 15.0 Å². The van der Waals surface area contributed by atoms with Crippen molar-refractivity contribution in [3.05, 3.63) is 0 Å². The van der Waals surface area contributed by atoms with Crippen LogP contribution in [0.3, 0.4) is 0 Å². The molecule has 19 heavy (non-hydrogen) atoms. The van der Waals surface area contributed by atoms with Gasteiger partial charge in [0.1, 0.15) is 0 Å². The lowest BCUT2D eigenvalue weighted by atomic mass is 10.2. The van der Waals surface area contributed by atoms with Crippen molar-refractivity contribution in [1.82, 2.24) is 15.0 Å². The van der Waals surface area contributed by atoms with Crippen LogP contribution in [0.4, 0.5) is 11.9 Å². The highest BCUT2D eigenvalue weighted by Gasteiger charge is 2.22. The Morgan fingerprint density at radius 1 is 1.21 bits per heavy atom. The predicted octanol–water partition coefficient (Wildman–Crippen LogP) is 2.08. The minimum absolute atomic E-state index is 0.397. The number of rotatable bonds is 6. The van der Waals surface area contributed by atoms with Crippen molar-refractivity contribution in [2.24, 2.45) is 0 Å². The van der Waals surface area contributed by atoms with Gasteiger partial charge in [0, 0.05) is 19.6 Å². The molecule has 1 aromatic rings. The second-order valence-corrected chi connectivity index (χ2v) is 4.75. The monoisotopic (exact) mass is 265 g/mol. The summed E-state index contributed by atoms with van der Waals surface area (Å²) >= 11 is 0. The van der Waals surface area contributed by atoms with E-state index < -0.39 is 0 Å². The summed E-state index contributed by atoms with van der Waals surface area (Å²) in [5, 5.41) is 3.12. The minimum atomic E-state index is 0.397. The van der Waals surface area contributed by atoms with Gasteiger partial charge in [-0.3, -0.25) is 0 Å². The molecular weight excluding hydrogens is 242 g/mol. The van der Waals surface area contributed by atoms with E-state index in [0.717, 1.165) is 6.54 Å². The zero-order valence-corrected chi connectivity index (χ0v) is 12.0. The highest BCUT2D eigenvalue weighted by Crippen LogP contribution is 2.26. The maximum absolute atomic E-state index is 5.42. The molecule has 6 heteroatoms. The van der Waals surface area contributed by atoms with Gasteiger partial charge in [-0.05, 0) is 26.7 Å². The van der Waals surface area contributed by atoms with E-state index in [-0.39, 0.29) is 0 Å². The first-order valence-electron chi connectivity index (χ1n) is 7.10. The number of nitrogens with zero attached hydrogens (tertiary/aromatic N) is 4. The van der Waals surface area contributed by atoms with Crippen LogP contribution in [0.25, 0.3) is 0 Å². The summed E-state index contributed by atoms with van der Waals surface area (Å²) in [7, 11) is 2.05. The van der Waals surface area contributed by atoms with Crippen molar-refractivity contribution in [3.8, 4) is 6.01 Å². The summed E-state index contributed by atoms with van der Waals surface area (Å²) in [5.41, 5.74) is 0. The molecule has 0 amide bonds. The quantitative estimate of drug-likeness (QED) is 0.849. The molecule has 0 aliphatic heterocycles. The SMILES string of the molecule is CCNc1nc(OCC)nc(N(C)C2CCCC2)n1. The van der Waals surface area contributed by atoms with Gasteiger partial charge in [-0.15, -0.1) is 0 Å². The highest BCUT2D eigenvalue weighted by molar-refractivity contribution is 5.38. The number of hydrogen-bond donors (Lipinski definition) is 1. The summed E-state index contributed by atoms with van der Waals surface area (Å²) in [5.74, 6) is 1.28. The van der Waals surface area contributed by atoms with Crippen LogP contribution in [0, 0.1) is 0 Å². The molecule has 1 aromatic heterocycles. The van der Waals surface area contributed by atoms with Gasteiger partial charge in [-0.1, -0.05) is 12.8 Å². The van der Waals surface area contributed by atoms with Crippen LogP contribution in [0.2, 0.25) is 0 Å². The van der Waals surface area contributed by atoms with Gasteiger partial charge in [-0.25, -0.2) is 0 Å². The van der Waals surface area contributed by atoms with Crippen LogP contribution in [0.1, 0.15) is 39.5 Å². The fourth-order valence-corrected chi connectivity index (χ4v) is 2.39. The fraction of sp³-hybridized carbons (Fsp3) is 0.769. The molecule has 0 radical (unpaired) electrons. The first-order chi connectivity index (χ1) is 9.24. The van der Waals surface area contributed by atoms with Gasteiger partial charge in [0.15, 0.2) is 0 Å². The van der Waals surface area contributed by atoms with Crippen LogP contribution in [0.15, 0.2) is 0 Å². The molecule has 1 heterocycles. The Kier molecular flexibility index (Phi) is 4.76. The molecule has 0 atom stereocenters. The van der Waals surface area contributed by atoms with E-state index in [4.69, 9.17) is 4.74 Å². The molecule has 2 rings (SSSR count). The average Bonchev–Trinajstić information content (AvgIpc) is 2.92. The molecule has 0 bridgehead atoms. The normalized spacial score (nSPS) is 15.5. The number of anilines is 2. The van der Waals surface area contributed by atoms with E-state index >= 15 is 0 Å². The summed E-state index contributed by atoms with van der Waals surface area (Å²) < 4.78 is 5.42. The molecule has 0 aromatic carbocycles. The predicted molar refractivity (Wildman–Crippen MR) is 75.8 cm³/mol. The molecule has 1 aliphatic rings. The first kappa shape index (κ1) is 13.8. The van der Waals surface area contributed by atoms with Gasteiger partial charge >= 0.3 is 6.01 Å². The van der Waals surface area contributed by atoms with E-state index in [1.165, 1.54) is 25.7 Å². The average molecular weight is 265 g/mol. The molecule has 1 N–H and O–H groups in total. The molecule has 1 fully saturated rings. The van der Waals surface area contributed by atoms with E-state index in [2.05, 4.69) is 32.2 Å². The van der Waals surface area contributed by atoms with Gasteiger partial charge in [-0.2, -0.15) is 15.0 Å². The standard InChI is InChI=1S/C13H23N5O/c1-4-14-11-15-12(17-13(16-11)19-5-2)18(3)10-8-6-7-9-10/h10H,4-9H2,1-3H3,(H,14,15,16,17). The Balaban J connectivity index is 2.21. The van der Waals surface area contributed by atoms with Crippen LogP contribution in [-0.2, 0) is 0 Å². The van der Waals surface area contributed by atoms with E-state index in [0.29, 0.717) is 30.6 Å². The minimum Gasteiger partial charge on any atom is -0.464 e. The summed E-state index contributed by atoms with van der Waals surface area (Å²) in [6.07, 6.45) is 5.00. The maximum Gasteiger partial charge on any atom is 0.323 e. The van der Waals surface area contributed by atoms with Gasteiger partial charge in [0.05, 0.1) is 6.61 Å². The highest BCUT2D eigenvalue weighted by atomic mass is 16.5. The fourth-order valence-electron chi connectivity index (χ4n) is 2.39. The Labute approximate surface area is 114 Å². The van der Waals surface area contributed by atoms with Crippen molar-refractivity contribution in [3.63, 3.8) is 0 Å². The maximum atomic E-state index is 5.42. The van der Waals surface area contributed by atoms with Crippen LogP contribution in [-0.4, -0.2) is 41.2 Å². The zero-order chi connectivity index (χ0) is 13.7. The lowest BCUT2D eigenvalue weighted by Gasteiger charge is -2.24. The van der Waals surface area contributed by atoms with Crippen LogP contribution in [0.5, 0.6) is 6.01 Å². The van der Waals surface area contributed by atoms with Gasteiger partial charge in [0.2, 0.25) is 11.9 Å². The second kappa shape index (κ2) is 6.54. The van der Waals surface area contributed by atoms with E-state index in [1.807, 2.05) is 13.8 Å². The summed E-state index contributed by atoms with van der Waals surface area (Å²) in [6, 6.07) is 0.930. The van der Waals surface area contributed by atoms with Crippen molar-refractivity contribution < 1.29 is 4.74 Å². The van der Waals surface area contributed by atoms with Crippen LogP contribution < -0.4 is 15.0 Å². The number of aromatic nitrogens is 3. The third-order valence-electron chi connectivity index (χ3n) is 3.40. The summed E-state index contributed by atoms with van der Waals surface area (Å²) in [6.45, 7) is 5.28. The number of nitrogens with one attached hydrogen (secondary N) is 1. The zero-order valence-electron chi connectivity index (χ0n) is 12.0. The number of hydrogen-bond acceptors (Lipinski definition) is 6. The Morgan fingerprint density at radius 2 is 1.95 bits per heavy atom. The van der Waals surface area contributed by atoms with E-state index in [1.54, 1.807) is 0 Å². The molecule has 6 nitrogen and oxygen atoms in total. The lowest BCUT2D eigenvalue weighted by molar-refractivity contribution is 0.312. The largest absolute Gasteiger partial charge is 0.464 e. The molecule has 1 saturated carbocycles. The molecule has 106 valence electrons. The second-order valence-electron chi connectivity index (χ2n) is 4.75. The molecule has 0 saturated heterocycles. The third-order valence-corrected chi connectivity index (χ3v) is 3.40. The Hall–Kier alpha value is -1.59. The number of ether oxygens (including phenoxy) is 1. The molecule has 0 unspecified atom stereocenters. The van der Waals surface area contributed by atoms with Crippen molar-refractivity contribution in [2.75, 3.05) is 30.4 Å². The topological polar surface area (TPSA) is 63.2 Å². The smallest absolute Gasteiger partial charge is 0.323 e. The van der Waals surface area contributed by atoms with E-state index in [9.17, 15) is 0 Å². The van der Waals surface area contributed by atoms with Crippen LogP contribution >= 0.6 is 0 Å². The first-order valence-corrected chi connectivity index (χ1v) is 7.10. The Morgan fingerprint density at radius 3 is 2.58 bits per heavy atom. The summed E-state index contributed by atoms with van der Waals surface area (Å²) in [4.78, 5) is 15.2. The molecule has 1 aliphatic carbocycles. The Bertz CT molecular complexity index is 382.